The molecule has 0 saturated heterocycles. The van der Waals surface area contributed by atoms with E-state index in [1.807, 2.05) is 0 Å². The second kappa shape index (κ2) is 45.2. The number of benzene rings is 3. The van der Waals surface area contributed by atoms with Crippen LogP contribution in [-0.2, 0) is 41.6 Å². The van der Waals surface area contributed by atoms with Gasteiger partial charge in [0.25, 0.3) is 10.2 Å². The van der Waals surface area contributed by atoms with E-state index in [0.717, 1.165) is 34.6 Å². The van der Waals surface area contributed by atoms with Gasteiger partial charge in [-0.15, -0.1) is 20.2 Å². The van der Waals surface area contributed by atoms with Gasteiger partial charge in [-0.05, 0) is 87.6 Å². The molecule has 0 unspecified atom stereocenters. The first-order valence-electron chi connectivity index (χ1n) is 15.0. The first kappa shape index (κ1) is 64.3. The third kappa shape index (κ3) is 57.5. The molecule has 56 heavy (non-hydrogen) atoms. The number of aliphatic hydroxyl groups excluding tert-OH is 1. The van der Waals surface area contributed by atoms with E-state index in [1.54, 1.807) is 13.0 Å². The van der Waals surface area contributed by atoms with Crippen molar-refractivity contribution in [1.82, 2.24) is 0 Å². The van der Waals surface area contributed by atoms with Gasteiger partial charge in [0.15, 0.2) is 16.4 Å². The van der Waals surface area contributed by atoms with Crippen LogP contribution < -0.4 is 15.9 Å². The predicted molar refractivity (Wildman–Crippen MR) is 247 cm³/mol. The van der Waals surface area contributed by atoms with Crippen LogP contribution in [0.2, 0.25) is 0 Å². The summed E-state index contributed by atoms with van der Waals surface area (Å²) in [6.07, 6.45) is 0. The van der Waals surface area contributed by atoms with Gasteiger partial charge in [0, 0.05) is 72.7 Å². The van der Waals surface area contributed by atoms with Crippen LogP contribution in [0.1, 0.15) is 27.7 Å². The molecule has 0 saturated carbocycles. The average Bonchev–Trinajstić information content (AvgIpc) is 3.10. The van der Waals surface area contributed by atoms with E-state index in [4.69, 9.17) is 25.7 Å². The van der Waals surface area contributed by atoms with Crippen molar-refractivity contribution in [3.63, 3.8) is 0 Å². The van der Waals surface area contributed by atoms with Gasteiger partial charge in [0.2, 0.25) is 0 Å². The molecule has 0 aliphatic heterocycles. The number of halogens is 5. The molecule has 0 fully saturated rings. The van der Waals surface area contributed by atoms with Crippen LogP contribution in [0.4, 0.5) is 0 Å². The minimum absolute atomic E-state index is 0. The van der Waals surface area contributed by atoms with Crippen LogP contribution in [0.15, 0.2) is 91.0 Å². The predicted octanol–water partition coefficient (Wildman–Crippen LogP) is 9.20. The quantitative estimate of drug-likeness (QED) is 0.0458. The number of hydrogen-bond acceptors (Lipinski definition) is 13. The first-order chi connectivity index (χ1) is 25.8. The Balaban J connectivity index is -0.000000201. The Morgan fingerprint density at radius 1 is 0.750 bits per heavy atom. The second-order valence-corrected chi connectivity index (χ2v) is 26.7. The van der Waals surface area contributed by atoms with E-state index in [9.17, 15) is 24.5 Å². The Kier molecular flexibility index (Phi) is 51.9. The van der Waals surface area contributed by atoms with Gasteiger partial charge < -0.3 is 15.2 Å². The van der Waals surface area contributed by atoms with Crippen molar-refractivity contribution in [1.29, 1.82) is 5.26 Å². The van der Waals surface area contributed by atoms with Gasteiger partial charge in [0.05, 0.1) is 12.7 Å². The van der Waals surface area contributed by atoms with Gasteiger partial charge in [-0.25, -0.2) is 0 Å². The zero-order valence-corrected chi connectivity index (χ0v) is 43.0. The van der Waals surface area contributed by atoms with Crippen LogP contribution in [0.5, 0.6) is 0 Å². The zero-order valence-electron chi connectivity index (χ0n) is 30.3. The summed E-state index contributed by atoms with van der Waals surface area (Å²) in [6, 6.07) is 34.1. The Morgan fingerprint density at radius 2 is 1.02 bits per heavy atom. The van der Waals surface area contributed by atoms with Crippen LogP contribution in [-0.4, -0.2) is 72.7 Å². The summed E-state index contributed by atoms with van der Waals surface area (Å²) in [4.78, 5) is 52.3. The summed E-state index contributed by atoms with van der Waals surface area (Å²) in [7, 11) is -0.446. The normalized spacial score (nSPS) is 9.04. The largest absolute Gasteiger partial charge is 0.396 e. The molecule has 3 rings (SSSR count). The molecular weight excluding hydrogens is 1230 g/mol. The van der Waals surface area contributed by atoms with E-state index in [2.05, 4.69) is 175 Å². The SMILES string of the molecule is BrC(Br)(Br)Br.CC#N.CC(=O)SCCBr.CC(=O)SCCO.CC(=O)SCCO[N+](=O)[O-].O=[N+]([O-])O.[Ag].c1ccc(P(c2ccccc2)c2ccccc2)cc1. The van der Waals surface area contributed by atoms with E-state index in [-0.39, 0.29) is 52.0 Å². The number of carbonyl (C=O) groups is 3. The molecule has 0 spiro atoms. The molecule has 1 radical (unpaired) electrons. The molecule has 0 aromatic heterocycles. The van der Waals surface area contributed by atoms with Crippen molar-refractivity contribution < 1.29 is 62.1 Å². The molecule has 2 N–H and O–H groups in total. The summed E-state index contributed by atoms with van der Waals surface area (Å²) in [5.41, 5.74) is 0. The zero-order chi connectivity index (χ0) is 43.1. The van der Waals surface area contributed by atoms with Gasteiger partial charge in [-0.3, -0.25) is 14.4 Å². The number of aliphatic hydroxyl groups is 1. The third-order valence-corrected chi connectivity index (χ3v) is 10.2. The van der Waals surface area contributed by atoms with Gasteiger partial charge in [0.1, 0.15) is 6.61 Å². The summed E-state index contributed by atoms with van der Waals surface area (Å²) in [6.45, 7) is 5.95. The molecule has 0 heterocycles. The third-order valence-electron chi connectivity index (χ3n) is 4.41. The Labute approximate surface area is 399 Å². The molecule has 0 bridgehead atoms. The minimum atomic E-state index is -1.50. The number of alkyl halides is 5. The maximum atomic E-state index is 10.2. The van der Waals surface area contributed by atoms with Crippen LogP contribution in [0.25, 0.3) is 0 Å². The number of hydrogen-bond donors (Lipinski definition) is 2. The molecule has 317 valence electrons. The van der Waals surface area contributed by atoms with Crippen molar-refractivity contribution in [2.75, 3.05) is 35.8 Å². The van der Waals surface area contributed by atoms with E-state index >= 15 is 0 Å². The van der Waals surface area contributed by atoms with Crippen molar-refractivity contribution >= 4 is 154 Å². The molecule has 23 heteroatoms. The Hall–Kier alpha value is -0.860. The number of rotatable bonds is 11. The van der Waals surface area contributed by atoms with Gasteiger partial charge in [-0.1, -0.05) is 142 Å². The number of carbonyl (C=O) groups excluding carboxylic acids is 3. The van der Waals surface area contributed by atoms with Crippen molar-refractivity contribution in [3.8, 4) is 6.07 Å². The van der Waals surface area contributed by atoms with Gasteiger partial charge >= 0.3 is 0 Å². The van der Waals surface area contributed by atoms with E-state index in [0.29, 0.717) is 11.5 Å². The molecule has 13 nitrogen and oxygen atoms in total. The van der Waals surface area contributed by atoms with Crippen LogP contribution in [0, 0.1) is 31.6 Å². The van der Waals surface area contributed by atoms with Crippen molar-refractivity contribution in [2.24, 2.45) is 0 Å². The number of nitrogens with zero attached hydrogens (tertiary/aromatic N) is 3. The Bertz CT molecular complexity index is 1350. The molecule has 0 atom stereocenters. The molecular formula is C33H41AgBr5N3O10PS3. The fourth-order valence-electron chi connectivity index (χ4n) is 2.85. The maximum Gasteiger partial charge on any atom is 0.294 e. The summed E-state index contributed by atoms with van der Waals surface area (Å²) in [5.74, 6) is 1.74. The molecule has 0 amide bonds. The first-order valence-corrected chi connectivity index (χ1v) is 23.6. The smallest absolute Gasteiger partial charge is 0.294 e. The molecule has 3 aromatic carbocycles. The standard InChI is InChI=1S/C18H15P.C4H7BrOS.C4H7NO4S.C4H8O2S.C2H3N.CBr4.Ag.HNO3/c1-4-10-16(11-5-1)19(17-12-6-2-7-13-17)18-14-8-3-9-15-18;1-4(6)7-3-2-5;1-4(6)10-3-2-9-5(7)8;1-4(6)7-3-2-5;1-2-3;2-1(3,4)5;;2-1(3)4/h1-15H;2-3H2,1H3;2-3H2,1H3;5H,2-3H2,1H3;1H3;;;(H,2,3,4). The Morgan fingerprint density at radius 3 is 1.21 bits per heavy atom. The molecule has 3 aromatic rings. The van der Waals surface area contributed by atoms with Gasteiger partial charge in [-0.2, -0.15) is 5.26 Å². The number of thioether (sulfide) groups is 3. The van der Waals surface area contributed by atoms with Crippen LogP contribution >= 0.6 is 123 Å². The van der Waals surface area contributed by atoms with E-state index in [1.165, 1.54) is 48.4 Å². The second-order valence-electron chi connectivity index (χ2n) is 8.72. The molecule has 0 aliphatic carbocycles. The van der Waals surface area contributed by atoms with Crippen LogP contribution in [0.3, 0.4) is 0 Å². The fourth-order valence-corrected chi connectivity index (χ4v) is 6.83. The van der Waals surface area contributed by atoms with Crippen molar-refractivity contribution in [3.05, 3.63) is 111 Å². The van der Waals surface area contributed by atoms with Crippen molar-refractivity contribution in [2.45, 2.75) is 28.7 Å². The minimum Gasteiger partial charge on any atom is -0.396 e. The topological polar surface area (TPSA) is 211 Å². The summed E-state index contributed by atoms with van der Waals surface area (Å²) in [5, 5.41) is 43.0. The summed E-state index contributed by atoms with van der Waals surface area (Å²) < 4.78 is -0.250. The summed E-state index contributed by atoms with van der Waals surface area (Å²) >= 11 is 19.2. The maximum absolute atomic E-state index is 10.2. The van der Waals surface area contributed by atoms with E-state index < -0.39 is 18.1 Å². The fraction of sp³-hybridized carbons (Fsp3) is 0.333. The molecule has 0 aliphatic rings. The average molecular weight is 1270 g/mol. The monoisotopic (exact) mass is 1270 g/mol. The number of nitriles is 1.